The topological polar surface area (TPSA) is 29.0 Å². The van der Waals surface area contributed by atoms with Crippen LogP contribution in [0.25, 0.3) is 0 Å². The van der Waals surface area contributed by atoms with E-state index in [0.717, 1.165) is 18.5 Å². The SMILES string of the molecule is FC1(F)CCN(c2cnc(C3CC3)c(Cl)n2)CC1. The summed E-state index contributed by atoms with van der Waals surface area (Å²) in [5.74, 6) is -1.48. The number of rotatable bonds is 2. The van der Waals surface area contributed by atoms with Crippen molar-refractivity contribution in [2.45, 2.75) is 37.5 Å². The van der Waals surface area contributed by atoms with E-state index in [-0.39, 0.29) is 12.8 Å². The average molecular weight is 274 g/mol. The van der Waals surface area contributed by atoms with Gasteiger partial charge in [-0.25, -0.2) is 13.8 Å². The molecular weight excluding hydrogens is 260 g/mol. The number of anilines is 1. The quantitative estimate of drug-likeness (QED) is 0.828. The first-order chi connectivity index (χ1) is 8.55. The monoisotopic (exact) mass is 273 g/mol. The van der Waals surface area contributed by atoms with Crippen LogP contribution < -0.4 is 4.90 Å². The summed E-state index contributed by atoms with van der Waals surface area (Å²) in [6.07, 6.45) is 3.63. The van der Waals surface area contributed by atoms with Crippen LogP contribution in [-0.4, -0.2) is 29.0 Å². The number of alkyl halides is 2. The molecule has 18 heavy (non-hydrogen) atoms. The molecule has 3 rings (SSSR count). The first-order valence-electron chi connectivity index (χ1n) is 6.20. The summed E-state index contributed by atoms with van der Waals surface area (Å²) in [6.45, 7) is 0.613. The van der Waals surface area contributed by atoms with Gasteiger partial charge in [-0.3, -0.25) is 4.98 Å². The van der Waals surface area contributed by atoms with Gasteiger partial charge in [-0.2, -0.15) is 0 Å². The fraction of sp³-hybridized carbons (Fsp3) is 0.667. The molecule has 2 fully saturated rings. The average Bonchev–Trinajstić information content (AvgIpc) is 3.13. The Morgan fingerprint density at radius 3 is 2.50 bits per heavy atom. The molecule has 1 aromatic rings. The van der Waals surface area contributed by atoms with E-state index in [4.69, 9.17) is 11.6 Å². The van der Waals surface area contributed by atoms with E-state index >= 15 is 0 Å². The van der Waals surface area contributed by atoms with Gasteiger partial charge in [0.05, 0.1) is 11.9 Å². The van der Waals surface area contributed by atoms with E-state index in [1.807, 2.05) is 4.90 Å². The lowest BCUT2D eigenvalue weighted by Crippen LogP contribution is -2.39. The highest BCUT2D eigenvalue weighted by molar-refractivity contribution is 6.30. The molecule has 0 unspecified atom stereocenters. The Bertz CT molecular complexity index is 453. The van der Waals surface area contributed by atoms with Crippen molar-refractivity contribution < 1.29 is 8.78 Å². The Morgan fingerprint density at radius 1 is 1.28 bits per heavy atom. The highest BCUT2D eigenvalue weighted by Gasteiger charge is 2.35. The third-order valence-electron chi connectivity index (χ3n) is 3.53. The van der Waals surface area contributed by atoms with Gasteiger partial charge in [0, 0.05) is 31.8 Å². The minimum atomic E-state index is -2.54. The van der Waals surface area contributed by atoms with Crippen LogP contribution >= 0.6 is 11.6 Å². The Kier molecular flexibility index (Phi) is 2.88. The Labute approximate surface area is 109 Å². The number of aromatic nitrogens is 2. The van der Waals surface area contributed by atoms with Gasteiger partial charge in [-0.15, -0.1) is 0 Å². The molecule has 3 nitrogen and oxygen atoms in total. The van der Waals surface area contributed by atoms with Gasteiger partial charge in [-0.1, -0.05) is 11.6 Å². The first-order valence-corrected chi connectivity index (χ1v) is 6.58. The first kappa shape index (κ1) is 12.1. The van der Waals surface area contributed by atoms with Crippen molar-refractivity contribution in [1.82, 2.24) is 9.97 Å². The summed E-state index contributed by atoms with van der Waals surface area (Å²) in [4.78, 5) is 10.4. The van der Waals surface area contributed by atoms with E-state index in [1.54, 1.807) is 6.20 Å². The summed E-state index contributed by atoms with van der Waals surface area (Å²) >= 11 is 6.09. The highest BCUT2D eigenvalue weighted by Crippen LogP contribution is 2.42. The zero-order valence-electron chi connectivity index (χ0n) is 9.87. The van der Waals surface area contributed by atoms with Crippen molar-refractivity contribution in [2.24, 2.45) is 0 Å². The van der Waals surface area contributed by atoms with Gasteiger partial charge in [0.1, 0.15) is 5.82 Å². The molecule has 0 aromatic carbocycles. The Hall–Kier alpha value is -0.970. The minimum absolute atomic E-state index is 0.128. The molecular formula is C12H14ClF2N3. The second-order valence-corrected chi connectivity index (χ2v) is 5.38. The summed E-state index contributed by atoms with van der Waals surface area (Å²) in [5, 5.41) is 0.423. The molecule has 0 radical (unpaired) electrons. The highest BCUT2D eigenvalue weighted by atomic mass is 35.5. The van der Waals surface area contributed by atoms with Crippen LogP contribution in [0, 0.1) is 0 Å². The smallest absolute Gasteiger partial charge is 0.251 e. The summed E-state index contributed by atoms with van der Waals surface area (Å²) in [5.41, 5.74) is 0.850. The van der Waals surface area contributed by atoms with Crippen LogP contribution in [0.1, 0.15) is 37.3 Å². The fourth-order valence-corrected chi connectivity index (χ4v) is 2.50. The largest absolute Gasteiger partial charge is 0.355 e. The van der Waals surface area contributed by atoms with Crippen molar-refractivity contribution in [3.63, 3.8) is 0 Å². The summed E-state index contributed by atoms with van der Waals surface area (Å²) in [6, 6.07) is 0. The molecule has 1 saturated carbocycles. The van der Waals surface area contributed by atoms with Gasteiger partial charge in [0.15, 0.2) is 5.15 Å². The number of halogens is 3. The van der Waals surface area contributed by atoms with Gasteiger partial charge >= 0.3 is 0 Å². The second kappa shape index (κ2) is 4.30. The molecule has 1 aliphatic heterocycles. The van der Waals surface area contributed by atoms with E-state index in [0.29, 0.717) is 30.0 Å². The molecule has 1 aromatic heterocycles. The number of nitrogens with zero attached hydrogens (tertiary/aromatic N) is 3. The number of piperidine rings is 1. The molecule has 0 atom stereocenters. The Morgan fingerprint density at radius 2 is 1.94 bits per heavy atom. The van der Waals surface area contributed by atoms with Gasteiger partial charge in [0.2, 0.25) is 0 Å². The summed E-state index contributed by atoms with van der Waals surface area (Å²) < 4.78 is 26.1. The zero-order chi connectivity index (χ0) is 12.8. The molecule has 1 saturated heterocycles. The second-order valence-electron chi connectivity index (χ2n) is 5.02. The molecule has 0 spiro atoms. The molecule has 6 heteroatoms. The molecule has 1 aliphatic carbocycles. The van der Waals surface area contributed by atoms with Crippen molar-refractivity contribution in [3.8, 4) is 0 Å². The van der Waals surface area contributed by atoms with E-state index in [2.05, 4.69) is 9.97 Å². The van der Waals surface area contributed by atoms with Crippen molar-refractivity contribution >= 4 is 17.4 Å². The normalized spacial score (nSPS) is 23.2. The third-order valence-corrected chi connectivity index (χ3v) is 3.80. The van der Waals surface area contributed by atoms with Crippen molar-refractivity contribution in [3.05, 3.63) is 17.0 Å². The Balaban J connectivity index is 1.75. The predicted octanol–water partition coefficient (Wildman–Crippen LogP) is 3.24. The third kappa shape index (κ3) is 2.41. The van der Waals surface area contributed by atoms with Crippen LogP contribution in [0.4, 0.5) is 14.6 Å². The minimum Gasteiger partial charge on any atom is -0.355 e. The van der Waals surface area contributed by atoms with Crippen LogP contribution in [0.5, 0.6) is 0 Å². The maximum Gasteiger partial charge on any atom is 0.251 e. The van der Waals surface area contributed by atoms with E-state index in [1.165, 1.54) is 0 Å². The summed E-state index contributed by atoms with van der Waals surface area (Å²) in [7, 11) is 0. The van der Waals surface area contributed by atoms with Crippen LogP contribution in [0.2, 0.25) is 5.15 Å². The fourth-order valence-electron chi connectivity index (χ4n) is 2.21. The van der Waals surface area contributed by atoms with Crippen LogP contribution in [-0.2, 0) is 0 Å². The van der Waals surface area contributed by atoms with Crippen LogP contribution in [0.3, 0.4) is 0 Å². The molecule has 2 heterocycles. The predicted molar refractivity (Wildman–Crippen MR) is 65.4 cm³/mol. The lowest BCUT2D eigenvalue weighted by molar-refractivity contribution is -0.0221. The molecule has 0 bridgehead atoms. The maximum atomic E-state index is 13.1. The standard InChI is InChI=1S/C12H14ClF2N3/c13-11-10(8-1-2-8)16-7-9(17-11)18-5-3-12(14,15)4-6-18/h7-8H,1-6H2. The van der Waals surface area contributed by atoms with Gasteiger partial charge in [-0.05, 0) is 12.8 Å². The van der Waals surface area contributed by atoms with E-state index < -0.39 is 5.92 Å². The van der Waals surface area contributed by atoms with Gasteiger partial charge < -0.3 is 4.90 Å². The molecule has 0 N–H and O–H groups in total. The molecule has 98 valence electrons. The molecule has 2 aliphatic rings. The van der Waals surface area contributed by atoms with E-state index in [9.17, 15) is 8.78 Å². The van der Waals surface area contributed by atoms with Crippen molar-refractivity contribution in [2.75, 3.05) is 18.0 Å². The molecule has 0 amide bonds. The number of hydrogen-bond donors (Lipinski definition) is 0. The van der Waals surface area contributed by atoms with Gasteiger partial charge in [0.25, 0.3) is 5.92 Å². The number of hydrogen-bond acceptors (Lipinski definition) is 3. The van der Waals surface area contributed by atoms with Crippen molar-refractivity contribution in [1.29, 1.82) is 0 Å². The lowest BCUT2D eigenvalue weighted by atomic mass is 10.1. The lowest BCUT2D eigenvalue weighted by Gasteiger charge is -2.32. The zero-order valence-corrected chi connectivity index (χ0v) is 10.6. The maximum absolute atomic E-state index is 13.1. The van der Waals surface area contributed by atoms with Crippen LogP contribution in [0.15, 0.2) is 6.20 Å².